The van der Waals surface area contributed by atoms with Crippen LogP contribution in [-0.4, -0.2) is 49.7 Å². The third-order valence-electron chi connectivity index (χ3n) is 0. The van der Waals surface area contributed by atoms with E-state index in [9.17, 15) is 0 Å². The van der Waals surface area contributed by atoms with Crippen LogP contribution in [-0.2, 0) is 14.4 Å². The van der Waals surface area contributed by atoms with E-state index in [1.807, 2.05) is 0 Å². The molecule has 10 heteroatoms. The average Bonchev–Trinajstić information content (AvgIpc) is 1.54. The average molecular weight is 391 g/mol. The molecule has 0 atom stereocenters. The minimum Gasteiger partial charge on any atom is -0.481 e. The van der Waals surface area contributed by atoms with Crippen molar-refractivity contribution in [3.63, 3.8) is 0 Å². The predicted octanol–water partition coefficient (Wildman–Crippen LogP) is -2.20. The normalized spacial score (nSPS) is 4.69. The first-order valence-corrected chi connectivity index (χ1v) is 2.78. The van der Waals surface area contributed by atoms with Gasteiger partial charge in [0.1, 0.15) is 0 Å². The van der Waals surface area contributed by atoms with Crippen molar-refractivity contribution in [3.05, 3.63) is 0 Å². The molecule has 16 heavy (non-hydrogen) atoms. The molecule has 0 saturated carbocycles. The Balaban J connectivity index is -0.0000000135. The molecule has 0 radical (unpaired) electrons. The van der Waals surface area contributed by atoms with Crippen LogP contribution in [0.1, 0.15) is 20.8 Å². The Labute approximate surface area is 124 Å². The predicted molar refractivity (Wildman–Crippen MR) is 50.8 cm³/mol. The molecule has 0 saturated heterocycles. The number of carbonyl (C=O) groups is 3. The van der Waals surface area contributed by atoms with Crippen molar-refractivity contribution in [2.24, 2.45) is 0 Å². The fourth-order valence-corrected chi connectivity index (χ4v) is 0. The summed E-state index contributed by atoms with van der Waals surface area (Å²) < 4.78 is 0. The second kappa shape index (κ2) is 36.5. The Morgan fingerprint density at radius 1 is 0.625 bits per heavy atom. The zero-order valence-corrected chi connectivity index (χ0v) is 11.2. The standard InChI is InChI=1S/3C2H4O2.Gd.3H2O/c3*1-2(3)4;;;;/h3*1H3,(H,3,4);;3*1H2. The molecule has 0 heterocycles. The van der Waals surface area contributed by atoms with Gasteiger partial charge in [0.25, 0.3) is 17.9 Å². The van der Waals surface area contributed by atoms with Crippen LogP contribution in [0.25, 0.3) is 0 Å². The summed E-state index contributed by atoms with van der Waals surface area (Å²) in [7, 11) is 0. The van der Waals surface area contributed by atoms with Crippen molar-refractivity contribution >= 4 is 17.9 Å². The molecule has 9 nitrogen and oxygen atoms in total. The molecule has 0 aliphatic heterocycles. The van der Waals surface area contributed by atoms with Crippen molar-refractivity contribution < 1.29 is 86.1 Å². The number of carboxylic acids is 3. The number of rotatable bonds is 0. The molecular formula is C6H18GdO9. The van der Waals surface area contributed by atoms with Gasteiger partial charge < -0.3 is 31.7 Å². The van der Waals surface area contributed by atoms with Crippen LogP contribution in [0.5, 0.6) is 0 Å². The summed E-state index contributed by atoms with van der Waals surface area (Å²) in [5.41, 5.74) is 0. The Hall–Kier alpha value is -0.385. The summed E-state index contributed by atoms with van der Waals surface area (Å²) in [5.74, 6) is -2.50. The summed E-state index contributed by atoms with van der Waals surface area (Å²) in [6.07, 6.45) is 0. The van der Waals surface area contributed by atoms with Crippen molar-refractivity contribution in [3.8, 4) is 0 Å². The van der Waals surface area contributed by atoms with Gasteiger partial charge in [-0.05, 0) is 0 Å². The van der Waals surface area contributed by atoms with Crippen LogP contribution < -0.4 is 0 Å². The first-order valence-electron chi connectivity index (χ1n) is 2.78. The molecule has 104 valence electrons. The van der Waals surface area contributed by atoms with E-state index < -0.39 is 17.9 Å². The maximum absolute atomic E-state index is 9.00. The van der Waals surface area contributed by atoms with Gasteiger partial charge in [-0.15, -0.1) is 0 Å². The minimum atomic E-state index is -0.833. The van der Waals surface area contributed by atoms with E-state index in [0.717, 1.165) is 20.8 Å². The van der Waals surface area contributed by atoms with Gasteiger partial charge in [0.2, 0.25) is 0 Å². The molecule has 0 aromatic heterocycles. The van der Waals surface area contributed by atoms with Gasteiger partial charge in [-0.25, -0.2) is 0 Å². The van der Waals surface area contributed by atoms with E-state index in [4.69, 9.17) is 29.7 Å². The molecule has 0 aliphatic carbocycles. The summed E-state index contributed by atoms with van der Waals surface area (Å²) in [6.45, 7) is 3.25. The summed E-state index contributed by atoms with van der Waals surface area (Å²) in [6, 6.07) is 0. The van der Waals surface area contributed by atoms with E-state index in [1.165, 1.54) is 0 Å². The zero-order chi connectivity index (χ0) is 10.7. The number of hydrogen-bond donors (Lipinski definition) is 3. The molecule has 0 unspecified atom stereocenters. The van der Waals surface area contributed by atoms with Crippen molar-refractivity contribution in [2.45, 2.75) is 20.8 Å². The summed E-state index contributed by atoms with van der Waals surface area (Å²) in [4.78, 5) is 27.0. The van der Waals surface area contributed by atoms with Gasteiger partial charge >= 0.3 is 0 Å². The third-order valence-corrected chi connectivity index (χ3v) is 0. The van der Waals surface area contributed by atoms with Gasteiger partial charge in [0, 0.05) is 60.7 Å². The molecule has 9 N–H and O–H groups in total. The van der Waals surface area contributed by atoms with Crippen molar-refractivity contribution in [1.29, 1.82) is 0 Å². The summed E-state index contributed by atoms with van der Waals surface area (Å²) in [5, 5.41) is 22.2. The molecule has 0 bridgehead atoms. The monoisotopic (exact) mass is 392 g/mol. The van der Waals surface area contributed by atoms with Crippen molar-refractivity contribution in [2.75, 3.05) is 0 Å². The van der Waals surface area contributed by atoms with Crippen LogP contribution >= 0.6 is 0 Å². The first kappa shape index (κ1) is 44.9. The summed E-state index contributed by atoms with van der Waals surface area (Å²) >= 11 is 0. The maximum atomic E-state index is 9.00. The third kappa shape index (κ3) is 14600. The van der Waals surface area contributed by atoms with Gasteiger partial charge in [0.15, 0.2) is 0 Å². The van der Waals surface area contributed by atoms with Crippen LogP contribution in [0.4, 0.5) is 0 Å². The smallest absolute Gasteiger partial charge is 0.300 e. The van der Waals surface area contributed by atoms with E-state index in [1.54, 1.807) is 0 Å². The quantitative estimate of drug-likeness (QED) is 0.417. The molecule has 0 rings (SSSR count). The molecule has 0 spiro atoms. The van der Waals surface area contributed by atoms with E-state index >= 15 is 0 Å². The number of aliphatic carboxylic acids is 3. The molecule has 0 aliphatic rings. The first-order chi connectivity index (χ1) is 5.20. The second-order valence-electron chi connectivity index (χ2n) is 1.56. The van der Waals surface area contributed by atoms with E-state index in [-0.39, 0.29) is 56.4 Å². The maximum Gasteiger partial charge on any atom is 0.300 e. The fraction of sp³-hybridized carbons (Fsp3) is 0.500. The van der Waals surface area contributed by atoms with Gasteiger partial charge in [0.05, 0.1) is 0 Å². The van der Waals surface area contributed by atoms with Gasteiger partial charge in [-0.2, -0.15) is 0 Å². The SMILES string of the molecule is CC(=O)O.CC(=O)O.CC(=O)O.O.O.O.[Gd]. The Kier molecular flexibility index (Phi) is 103. The minimum absolute atomic E-state index is 0. The topological polar surface area (TPSA) is 206 Å². The van der Waals surface area contributed by atoms with Crippen LogP contribution in [0.3, 0.4) is 0 Å². The fourth-order valence-electron chi connectivity index (χ4n) is 0. The molecule has 0 fully saturated rings. The molecular weight excluding hydrogens is 373 g/mol. The Morgan fingerprint density at radius 3 is 0.625 bits per heavy atom. The largest absolute Gasteiger partial charge is 0.481 e. The second-order valence-corrected chi connectivity index (χ2v) is 1.56. The van der Waals surface area contributed by atoms with Crippen molar-refractivity contribution in [1.82, 2.24) is 0 Å². The van der Waals surface area contributed by atoms with Crippen LogP contribution in [0.15, 0.2) is 0 Å². The van der Waals surface area contributed by atoms with Crippen LogP contribution in [0.2, 0.25) is 0 Å². The Bertz CT molecular complexity index is 118. The molecule has 0 amide bonds. The van der Waals surface area contributed by atoms with Crippen LogP contribution in [0, 0.1) is 39.9 Å². The number of hydrogen-bond acceptors (Lipinski definition) is 3. The van der Waals surface area contributed by atoms with Gasteiger partial charge in [-0.3, -0.25) is 14.4 Å². The van der Waals surface area contributed by atoms with Gasteiger partial charge in [-0.1, -0.05) is 0 Å². The molecule has 0 aromatic carbocycles. The molecule has 0 aromatic rings. The van der Waals surface area contributed by atoms with E-state index in [2.05, 4.69) is 0 Å². The number of carboxylic acid groups (broad SMARTS) is 3. The van der Waals surface area contributed by atoms with E-state index in [0.29, 0.717) is 0 Å². The zero-order valence-electron chi connectivity index (χ0n) is 8.92. The Morgan fingerprint density at radius 2 is 0.625 bits per heavy atom.